The molecule has 0 saturated heterocycles. The highest BCUT2D eigenvalue weighted by molar-refractivity contribution is 5.66. The summed E-state index contributed by atoms with van der Waals surface area (Å²) in [7, 11) is 0. The fourth-order valence-electron chi connectivity index (χ4n) is 1.95. The molecule has 1 N–H and O–H groups in total. The van der Waals surface area contributed by atoms with Gasteiger partial charge in [-0.1, -0.05) is 37.3 Å². The van der Waals surface area contributed by atoms with Crippen molar-refractivity contribution < 1.29 is 9.90 Å². The highest BCUT2D eigenvalue weighted by Crippen LogP contribution is 2.22. The molecule has 2 rings (SSSR count). The van der Waals surface area contributed by atoms with Gasteiger partial charge in [-0.15, -0.1) is 5.10 Å². The molecule has 0 saturated carbocycles. The summed E-state index contributed by atoms with van der Waals surface area (Å²) in [6.45, 7) is 4.25. The Morgan fingerprint density at radius 3 is 2.79 bits per heavy atom. The maximum absolute atomic E-state index is 10.5. The van der Waals surface area contributed by atoms with Crippen molar-refractivity contribution in [2.75, 3.05) is 0 Å². The summed E-state index contributed by atoms with van der Waals surface area (Å²) in [5, 5.41) is 16.8. The Kier molecular flexibility index (Phi) is 3.94. The number of aryl methyl sites for hydroxylation is 1. The molecule has 0 aliphatic carbocycles. The molecule has 100 valence electrons. The molecule has 0 amide bonds. The van der Waals surface area contributed by atoms with Crippen molar-refractivity contribution in [2.45, 2.75) is 32.6 Å². The first-order valence-corrected chi connectivity index (χ1v) is 6.30. The lowest BCUT2D eigenvalue weighted by molar-refractivity contribution is -0.136. The Morgan fingerprint density at radius 2 is 2.11 bits per heavy atom. The summed E-state index contributed by atoms with van der Waals surface area (Å²) in [6.07, 6.45) is 2.27. The molecule has 0 aliphatic heterocycles. The number of nitrogens with zero attached hydrogens (tertiary/aromatic N) is 3. The van der Waals surface area contributed by atoms with Crippen molar-refractivity contribution in [3.63, 3.8) is 0 Å². The SMILES string of the molecule is CC(C)c1ccccc1-n1cc(CCC(=O)O)nn1. The van der Waals surface area contributed by atoms with E-state index in [0.29, 0.717) is 18.0 Å². The van der Waals surface area contributed by atoms with Gasteiger partial charge in [0.15, 0.2) is 0 Å². The summed E-state index contributed by atoms with van der Waals surface area (Å²) < 4.78 is 1.71. The van der Waals surface area contributed by atoms with Crippen LogP contribution in [0.3, 0.4) is 0 Å². The van der Waals surface area contributed by atoms with Crippen molar-refractivity contribution >= 4 is 5.97 Å². The average Bonchev–Trinajstić information content (AvgIpc) is 2.85. The Morgan fingerprint density at radius 1 is 1.37 bits per heavy atom. The van der Waals surface area contributed by atoms with Gasteiger partial charge in [0.05, 0.1) is 24.0 Å². The second-order valence-electron chi connectivity index (χ2n) is 4.76. The van der Waals surface area contributed by atoms with Crippen LogP contribution >= 0.6 is 0 Å². The monoisotopic (exact) mass is 259 g/mol. The molecule has 5 nitrogen and oxygen atoms in total. The van der Waals surface area contributed by atoms with E-state index in [1.165, 1.54) is 5.56 Å². The largest absolute Gasteiger partial charge is 0.481 e. The molecule has 0 spiro atoms. The van der Waals surface area contributed by atoms with Crippen LogP contribution < -0.4 is 0 Å². The fraction of sp³-hybridized carbons (Fsp3) is 0.357. The molecule has 0 radical (unpaired) electrons. The van der Waals surface area contributed by atoms with E-state index < -0.39 is 5.97 Å². The molecule has 19 heavy (non-hydrogen) atoms. The third-order valence-electron chi connectivity index (χ3n) is 2.94. The van der Waals surface area contributed by atoms with E-state index in [1.54, 1.807) is 10.9 Å². The number of aromatic nitrogens is 3. The zero-order chi connectivity index (χ0) is 13.8. The van der Waals surface area contributed by atoms with Crippen LogP contribution in [0.5, 0.6) is 0 Å². The number of carbonyl (C=O) groups is 1. The van der Waals surface area contributed by atoms with Crippen molar-refractivity contribution in [1.29, 1.82) is 0 Å². The molecule has 1 aromatic heterocycles. The molecule has 0 unspecified atom stereocenters. The molecule has 5 heteroatoms. The minimum absolute atomic E-state index is 0.0739. The molecule has 0 fully saturated rings. The second-order valence-corrected chi connectivity index (χ2v) is 4.76. The zero-order valence-corrected chi connectivity index (χ0v) is 11.1. The number of rotatable bonds is 5. The van der Waals surface area contributed by atoms with Crippen LogP contribution in [0.15, 0.2) is 30.5 Å². The van der Waals surface area contributed by atoms with Gasteiger partial charge in [-0.2, -0.15) is 0 Å². The summed E-state index contributed by atoms with van der Waals surface area (Å²) >= 11 is 0. The number of aliphatic carboxylic acids is 1. The first-order chi connectivity index (χ1) is 9.08. The molecule has 0 atom stereocenters. The summed E-state index contributed by atoms with van der Waals surface area (Å²) in [5.41, 5.74) is 2.88. The molecule has 0 bridgehead atoms. The first-order valence-electron chi connectivity index (χ1n) is 6.30. The molecule has 0 aliphatic rings. The van der Waals surface area contributed by atoms with Crippen LogP contribution in [-0.4, -0.2) is 26.1 Å². The topological polar surface area (TPSA) is 68.0 Å². The minimum atomic E-state index is -0.822. The van der Waals surface area contributed by atoms with E-state index in [4.69, 9.17) is 5.11 Å². The zero-order valence-electron chi connectivity index (χ0n) is 11.1. The predicted octanol–water partition coefficient (Wildman–Crippen LogP) is 2.41. The third kappa shape index (κ3) is 3.19. The normalized spacial score (nSPS) is 10.9. The molecule has 2 aromatic rings. The lowest BCUT2D eigenvalue weighted by Gasteiger charge is -2.11. The third-order valence-corrected chi connectivity index (χ3v) is 2.94. The van der Waals surface area contributed by atoms with Crippen LogP contribution in [0.4, 0.5) is 0 Å². The highest BCUT2D eigenvalue weighted by Gasteiger charge is 2.10. The Labute approximate surface area is 111 Å². The van der Waals surface area contributed by atoms with Gasteiger partial charge in [-0.25, -0.2) is 4.68 Å². The van der Waals surface area contributed by atoms with Gasteiger partial charge >= 0.3 is 5.97 Å². The number of hydrogen-bond donors (Lipinski definition) is 1. The maximum atomic E-state index is 10.5. The number of carboxylic acid groups (broad SMARTS) is 1. The summed E-state index contributed by atoms with van der Waals surface area (Å²) in [5.74, 6) is -0.431. The van der Waals surface area contributed by atoms with Crippen molar-refractivity contribution in [2.24, 2.45) is 0 Å². The number of para-hydroxylation sites is 1. The lowest BCUT2D eigenvalue weighted by atomic mass is 10.0. The van der Waals surface area contributed by atoms with Gasteiger partial charge in [0.2, 0.25) is 0 Å². The van der Waals surface area contributed by atoms with Crippen LogP contribution in [-0.2, 0) is 11.2 Å². The molecular formula is C14H17N3O2. The van der Waals surface area contributed by atoms with E-state index in [9.17, 15) is 4.79 Å². The maximum Gasteiger partial charge on any atom is 0.303 e. The standard InChI is InChI=1S/C14H17N3O2/c1-10(2)12-5-3-4-6-13(12)17-9-11(15-16-17)7-8-14(18)19/h3-6,9-10H,7-8H2,1-2H3,(H,18,19). The molecular weight excluding hydrogens is 242 g/mol. The Hall–Kier alpha value is -2.17. The van der Waals surface area contributed by atoms with Gasteiger partial charge in [-0.3, -0.25) is 4.79 Å². The van der Waals surface area contributed by atoms with Gasteiger partial charge in [-0.05, 0) is 17.5 Å². The smallest absolute Gasteiger partial charge is 0.303 e. The van der Waals surface area contributed by atoms with E-state index in [1.807, 2.05) is 18.2 Å². The van der Waals surface area contributed by atoms with Gasteiger partial charge in [0.1, 0.15) is 0 Å². The van der Waals surface area contributed by atoms with Crippen LogP contribution in [0.25, 0.3) is 5.69 Å². The van der Waals surface area contributed by atoms with Crippen molar-refractivity contribution in [3.8, 4) is 5.69 Å². The number of hydrogen-bond acceptors (Lipinski definition) is 3. The molecule has 1 aromatic carbocycles. The van der Waals surface area contributed by atoms with E-state index in [0.717, 1.165) is 5.69 Å². The Balaban J connectivity index is 2.25. The predicted molar refractivity (Wildman–Crippen MR) is 71.4 cm³/mol. The summed E-state index contributed by atoms with van der Waals surface area (Å²) in [6, 6.07) is 8.02. The van der Waals surface area contributed by atoms with Crippen LogP contribution in [0.2, 0.25) is 0 Å². The van der Waals surface area contributed by atoms with Gasteiger partial charge in [0.25, 0.3) is 0 Å². The number of carboxylic acids is 1. The Bertz CT molecular complexity index is 576. The van der Waals surface area contributed by atoms with E-state index in [-0.39, 0.29) is 6.42 Å². The van der Waals surface area contributed by atoms with Gasteiger partial charge in [0, 0.05) is 6.42 Å². The first kappa shape index (κ1) is 13.3. The van der Waals surface area contributed by atoms with Crippen molar-refractivity contribution in [3.05, 3.63) is 41.7 Å². The highest BCUT2D eigenvalue weighted by atomic mass is 16.4. The van der Waals surface area contributed by atoms with Crippen molar-refractivity contribution in [1.82, 2.24) is 15.0 Å². The minimum Gasteiger partial charge on any atom is -0.481 e. The summed E-state index contributed by atoms with van der Waals surface area (Å²) in [4.78, 5) is 10.5. The fourth-order valence-corrected chi connectivity index (χ4v) is 1.95. The molecule has 1 heterocycles. The van der Waals surface area contributed by atoms with Crippen LogP contribution in [0.1, 0.15) is 37.4 Å². The van der Waals surface area contributed by atoms with E-state index in [2.05, 4.69) is 30.2 Å². The second kappa shape index (κ2) is 5.65. The lowest BCUT2D eigenvalue weighted by Crippen LogP contribution is -2.01. The average molecular weight is 259 g/mol. The van der Waals surface area contributed by atoms with Crippen LogP contribution in [0, 0.1) is 0 Å². The quantitative estimate of drug-likeness (QED) is 0.895. The number of benzene rings is 1. The van der Waals surface area contributed by atoms with E-state index >= 15 is 0 Å². The van der Waals surface area contributed by atoms with Gasteiger partial charge < -0.3 is 5.11 Å².